The van der Waals surface area contributed by atoms with E-state index in [1.165, 1.54) is 0 Å². The summed E-state index contributed by atoms with van der Waals surface area (Å²) in [6.07, 6.45) is 3.34. The lowest BCUT2D eigenvalue weighted by atomic mass is 9.93. The molecule has 0 saturated heterocycles. The fourth-order valence-electron chi connectivity index (χ4n) is 1.13. The predicted octanol–water partition coefficient (Wildman–Crippen LogP) is 0.229. The van der Waals surface area contributed by atoms with Crippen LogP contribution < -0.4 is 0 Å². The maximum absolute atomic E-state index is 10.0. The lowest BCUT2D eigenvalue weighted by molar-refractivity contribution is -0.137. The third-order valence-corrected chi connectivity index (χ3v) is 2.76. The minimum absolute atomic E-state index is 0.326. The van der Waals surface area contributed by atoms with E-state index in [4.69, 9.17) is 25.5 Å². The average Bonchev–Trinajstić information content (AvgIpc) is 2.38. The van der Waals surface area contributed by atoms with Crippen LogP contribution in [0.4, 0.5) is 0 Å². The van der Waals surface area contributed by atoms with Crippen molar-refractivity contribution >= 4 is 5.97 Å². The van der Waals surface area contributed by atoms with Gasteiger partial charge in [-0.3, -0.25) is 4.79 Å². The van der Waals surface area contributed by atoms with Crippen LogP contribution in [0, 0.1) is 11.3 Å². The Bertz CT molecular complexity index is 196. The summed E-state index contributed by atoms with van der Waals surface area (Å²) >= 11 is 0. The van der Waals surface area contributed by atoms with Crippen molar-refractivity contribution in [3.63, 3.8) is 0 Å². The molecule has 0 saturated carbocycles. The monoisotopic (exact) mass is 280 g/mol. The number of carbonyl (C=O) groups is 1. The van der Waals surface area contributed by atoms with Gasteiger partial charge in [-0.25, -0.2) is 0 Å². The Hall–Kier alpha value is -0.690. The summed E-state index contributed by atoms with van der Waals surface area (Å²) in [6.45, 7) is 2.68. The van der Waals surface area contributed by atoms with Gasteiger partial charge in [0.1, 0.15) is 0 Å². The number of unbranched alkanes of at least 4 members (excludes halogenated alkanes) is 1. The number of carboxylic acid groups (broad SMARTS) is 1. The topological polar surface area (TPSA) is 118 Å². The van der Waals surface area contributed by atoms with Crippen molar-refractivity contribution in [3.05, 3.63) is 0 Å². The highest BCUT2D eigenvalue weighted by Crippen LogP contribution is 2.11. The standard InChI is InChI=1S/C8H16O2.C5H12O4/c1-7(2)5-3-4-6-8(9)10;6-1-5(2-7,3-8)4-9/h7H,3-6H2,1-2H3,(H,9,10);6-9H,1-4H2. The molecule has 0 aliphatic carbocycles. The smallest absolute Gasteiger partial charge is 0.303 e. The molecule has 0 radical (unpaired) electrons. The van der Waals surface area contributed by atoms with Gasteiger partial charge in [-0.15, -0.1) is 0 Å². The SMILES string of the molecule is CC(C)CCCCC(=O)O.OCC(CO)(CO)CO. The van der Waals surface area contributed by atoms with E-state index in [9.17, 15) is 4.79 Å². The number of hydrogen-bond donors (Lipinski definition) is 5. The zero-order chi connectivity index (χ0) is 15.3. The number of aliphatic carboxylic acids is 1. The molecule has 0 aromatic heterocycles. The minimum Gasteiger partial charge on any atom is -0.481 e. The van der Waals surface area contributed by atoms with Gasteiger partial charge in [-0.05, 0) is 12.3 Å². The number of aliphatic hydroxyl groups is 4. The van der Waals surface area contributed by atoms with Gasteiger partial charge in [0.05, 0.1) is 31.8 Å². The molecule has 0 fully saturated rings. The fourth-order valence-corrected chi connectivity index (χ4v) is 1.13. The Morgan fingerprint density at radius 1 is 0.947 bits per heavy atom. The highest BCUT2D eigenvalue weighted by Gasteiger charge is 2.26. The van der Waals surface area contributed by atoms with Gasteiger partial charge in [0, 0.05) is 6.42 Å². The average molecular weight is 280 g/mol. The summed E-state index contributed by atoms with van der Waals surface area (Å²) < 4.78 is 0. The van der Waals surface area contributed by atoms with E-state index in [2.05, 4.69) is 13.8 Å². The van der Waals surface area contributed by atoms with E-state index in [-0.39, 0.29) is 0 Å². The third-order valence-electron chi connectivity index (χ3n) is 2.76. The van der Waals surface area contributed by atoms with Gasteiger partial charge in [0.25, 0.3) is 0 Å². The molecule has 0 rings (SSSR count). The molecule has 0 aliphatic rings. The molecule has 0 amide bonds. The summed E-state index contributed by atoms with van der Waals surface area (Å²) in [5.41, 5.74) is -1.11. The third kappa shape index (κ3) is 12.1. The first-order valence-electron chi connectivity index (χ1n) is 6.52. The molecule has 116 valence electrons. The Morgan fingerprint density at radius 2 is 1.37 bits per heavy atom. The van der Waals surface area contributed by atoms with E-state index in [0.29, 0.717) is 12.3 Å². The van der Waals surface area contributed by atoms with Gasteiger partial charge in [0.15, 0.2) is 0 Å². The molecular weight excluding hydrogens is 252 g/mol. The number of rotatable bonds is 9. The Labute approximate surface area is 114 Å². The van der Waals surface area contributed by atoms with Crippen LogP contribution in [0.1, 0.15) is 39.5 Å². The van der Waals surface area contributed by atoms with Gasteiger partial charge < -0.3 is 25.5 Å². The first kappa shape index (κ1) is 20.6. The first-order valence-corrected chi connectivity index (χ1v) is 6.52. The van der Waals surface area contributed by atoms with E-state index < -0.39 is 37.8 Å². The van der Waals surface area contributed by atoms with Crippen LogP contribution in [0.3, 0.4) is 0 Å². The van der Waals surface area contributed by atoms with Gasteiger partial charge in [-0.2, -0.15) is 0 Å². The molecule has 19 heavy (non-hydrogen) atoms. The van der Waals surface area contributed by atoms with Crippen LogP contribution in [-0.4, -0.2) is 57.9 Å². The van der Waals surface area contributed by atoms with Crippen molar-refractivity contribution in [3.8, 4) is 0 Å². The number of carboxylic acids is 1. The lowest BCUT2D eigenvalue weighted by Crippen LogP contribution is -2.37. The normalized spacial score (nSPS) is 11.1. The van der Waals surface area contributed by atoms with E-state index in [0.717, 1.165) is 19.3 Å². The van der Waals surface area contributed by atoms with Crippen LogP contribution in [-0.2, 0) is 4.79 Å². The highest BCUT2D eigenvalue weighted by atomic mass is 16.4. The molecule has 0 aliphatic heterocycles. The molecule has 5 N–H and O–H groups in total. The molecule has 0 aromatic carbocycles. The van der Waals surface area contributed by atoms with Crippen LogP contribution in [0.5, 0.6) is 0 Å². The Morgan fingerprint density at radius 3 is 1.58 bits per heavy atom. The fraction of sp³-hybridized carbons (Fsp3) is 0.923. The van der Waals surface area contributed by atoms with Crippen molar-refractivity contribution in [2.45, 2.75) is 39.5 Å². The lowest BCUT2D eigenvalue weighted by Gasteiger charge is -2.23. The van der Waals surface area contributed by atoms with Gasteiger partial charge in [-0.1, -0.05) is 26.7 Å². The maximum atomic E-state index is 10.0. The molecule has 0 unspecified atom stereocenters. The summed E-state index contributed by atoms with van der Waals surface area (Å²) in [6, 6.07) is 0. The Kier molecular flexibility index (Phi) is 13.4. The molecule has 0 heterocycles. The second-order valence-corrected chi connectivity index (χ2v) is 5.17. The Balaban J connectivity index is 0. The summed E-state index contributed by atoms with van der Waals surface area (Å²) in [5.74, 6) is 0.0255. The summed E-state index contributed by atoms with van der Waals surface area (Å²) in [5, 5.41) is 42.3. The van der Waals surface area contributed by atoms with Gasteiger partial charge >= 0.3 is 5.97 Å². The second-order valence-electron chi connectivity index (χ2n) is 5.17. The van der Waals surface area contributed by atoms with Crippen LogP contribution in [0.15, 0.2) is 0 Å². The second kappa shape index (κ2) is 12.3. The van der Waals surface area contributed by atoms with Crippen LogP contribution in [0.2, 0.25) is 0 Å². The van der Waals surface area contributed by atoms with E-state index in [1.807, 2.05) is 0 Å². The van der Waals surface area contributed by atoms with Crippen molar-refractivity contribution in [2.24, 2.45) is 11.3 Å². The summed E-state index contributed by atoms with van der Waals surface area (Å²) in [7, 11) is 0. The molecular formula is C13H28O6. The predicted molar refractivity (Wildman–Crippen MR) is 71.7 cm³/mol. The van der Waals surface area contributed by atoms with E-state index >= 15 is 0 Å². The van der Waals surface area contributed by atoms with Crippen LogP contribution in [0.25, 0.3) is 0 Å². The van der Waals surface area contributed by atoms with Gasteiger partial charge in [0.2, 0.25) is 0 Å². The number of aliphatic hydroxyl groups excluding tert-OH is 4. The molecule has 6 nitrogen and oxygen atoms in total. The van der Waals surface area contributed by atoms with Crippen molar-refractivity contribution in [2.75, 3.05) is 26.4 Å². The maximum Gasteiger partial charge on any atom is 0.303 e. The quantitative estimate of drug-likeness (QED) is 0.386. The minimum atomic E-state index is -1.11. The molecule has 0 atom stereocenters. The highest BCUT2D eigenvalue weighted by molar-refractivity contribution is 5.66. The molecule has 0 spiro atoms. The molecule has 6 heteroatoms. The van der Waals surface area contributed by atoms with Crippen molar-refractivity contribution in [1.82, 2.24) is 0 Å². The zero-order valence-corrected chi connectivity index (χ0v) is 11.9. The molecule has 0 aromatic rings. The van der Waals surface area contributed by atoms with Crippen molar-refractivity contribution in [1.29, 1.82) is 0 Å². The first-order chi connectivity index (χ1) is 8.87. The van der Waals surface area contributed by atoms with Crippen molar-refractivity contribution < 1.29 is 30.3 Å². The zero-order valence-electron chi connectivity index (χ0n) is 11.9. The largest absolute Gasteiger partial charge is 0.481 e. The summed E-state index contributed by atoms with van der Waals surface area (Å²) in [4.78, 5) is 10.0. The van der Waals surface area contributed by atoms with E-state index in [1.54, 1.807) is 0 Å². The van der Waals surface area contributed by atoms with Crippen LogP contribution >= 0.6 is 0 Å². The molecule has 0 bridgehead atoms. The number of hydrogen-bond acceptors (Lipinski definition) is 5.